The quantitative estimate of drug-likeness (QED) is 0.777. The van der Waals surface area contributed by atoms with E-state index in [1.165, 1.54) is 10.7 Å². The molecule has 1 aromatic rings. The van der Waals surface area contributed by atoms with Gasteiger partial charge in [0.1, 0.15) is 0 Å². The van der Waals surface area contributed by atoms with Crippen LogP contribution in [0.4, 0.5) is 0 Å². The van der Waals surface area contributed by atoms with Crippen LogP contribution in [0.3, 0.4) is 0 Å². The lowest BCUT2D eigenvalue weighted by Gasteiger charge is -2.21. The Bertz CT molecular complexity index is 415. The van der Waals surface area contributed by atoms with Crippen LogP contribution in [-0.4, -0.2) is 21.9 Å². The Morgan fingerprint density at radius 3 is 2.81 bits per heavy atom. The zero-order valence-electron chi connectivity index (χ0n) is 10.2. The summed E-state index contributed by atoms with van der Waals surface area (Å²) in [6, 6.07) is 3.13. The molecule has 0 saturated carbocycles. The summed E-state index contributed by atoms with van der Waals surface area (Å²) in [5.74, 6) is 0. The fourth-order valence-electron chi connectivity index (χ4n) is 1.16. The normalized spacial score (nSPS) is 11.4. The molecule has 1 N–H and O–H groups in total. The second kappa shape index (κ2) is 5.07. The first kappa shape index (κ1) is 12.6. The Balaban J connectivity index is 2.53. The SMILES string of the molecule is C=C(CNC(C)(C)C)Cn1ncccc1=O. The van der Waals surface area contributed by atoms with Crippen molar-refractivity contribution in [2.24, 2.45) is 0 Å². The maximum Gasteiger partial charge on any atom is 0.267 e. The summed E-state index contributed by atoms with van der Waals surface area (Å²) >= 11 is 0. The molecule has 0 fully saturated rings. The van der Waals surface area contributed by atoms with Crippen molar-refractivity contribution in [2.45, 2.75) is 32.9 Å². The van der Waals surface area contributed by atoms with Crippen LogP contribution in [0.15, 0.2) is 35.3 Å². The first-order valence-electron chi connectivity index (χ1n) is 5.32. The first-order valence-corrected chi connectivity index (χ1v) is 5.32. The van der Waals surface area contributed by atoms with Crippen molar-refractivity contribution >= 4 is 0 Å². The number of rotatable bonds is 4. The molecule has 0 amide bonds. The zero-order chi connectivity index (χ0) is 12.2. The summed E-state index contributed by atoms with van der Waals surface area (Å²) in [6.45, 7) is 11.4. The molecule has 4 nitrogen and oxygen atoms in total. The van der Waals surface area contributed by atoms with Gasteiger partial charge in [0.15, 0.2) is 0 Å². The Morgan fingerprint density at radius 1 is 1.56 bits per heavy atom. The van der Waals surface area contributed by atoms with E-state index in [0.717, 1.165) is 5.57 Å². The Labute approximate surface area is 96.0 Å². The molecule has 1 aromatic heterocycles. The molecule has 1 rings (SSSR count). The predicted octanol–water partition coefficient (Wildman–Crippen LogP) is 1.19. The van der Waals surface area contributed by atoms with E-state index < -0.39 is 0 Å². The number of nitrogens with zero attached hydrogens (tertiary/aromatic N) is 2. The van der Waals surface area contributed by atoms with Crippen LogP contribution in [-0.2, 0) is 6.54 Å². The van der Waals surface area contributed by atoms with Crippen molar-refractivity contribution in [3.05, 3.63) is 40.8 Å². The van der Waals surface area contributed by atoms with Gasteiger partial charge >= 0.3 is 0 Å². The number of nitrogens with one attached hydrogen (secondary N) is 1. The predicted molar refractivity (Wildman–Crippen MR) is 65.4 cm³/mol. The lowest BCUT2D eigenvalue weighted by Crippen LogP contribution is -2.38. The van der Waals surface area contributed by atoms with Gasteiger partial charge in [-0.2, -0.15) is 5.10 Å². The molecule has 0 unspecified atom stereocenters. The van der Waals surface area contributed by atoms with Crippen LogP contribution >= 0.6 is 0 Å². The van der Waals surface area contributed by atoms with E-state index in [9.17, 15) is 4.79 Å². The molecule has 0 aliphatic heterocycles. The van der Waals surface area contributed by atoms with E-state index in [0.29, 0.717) is 13.1 Å². The van der Waals surface area contributed by atoms with E-state index in [-0.39, 0.29) is 11.1 Å². The van der Waals surface area contributed by atoms with Gasteiger partial charge in [-0.15, -0.1) is 0 Å². The third-order valence-electron chi connectivity index (χ3n) is 2.03. The molecular formula is C12H19N3O. The van der Waals surface area contributed by atoms with Gasteiger partial charge in [-0.3, -0.25) is 4.79 Å². The van der Waals surface area contributed by atoms with E-state index in [4.69, 9.17) is 0 Å². The Hall–Kier alpha value is -1.42. The van der Waals surface area contributed by atoms with Crippen molar-refractivity contribution in [1.82, 2.24) is 15.1 Å². The molecule has 0 aliphatic carbocycles. The van der Waals surface area contributed by atoms with Crippen LogP contribution < -0.4 is 10.9 Å². The topological polar surface area (TPSA) is 46.9 Å². The summed E-state index contributed by atoms with van der Waals surface area (Å²) in [5.41, 5.74) is 0.896. The summed E-state index contributed by atoms with van der Waals surface area (Å²) in [7, 11) is 0. The van der Waals surface area contributed by atoms with Crippen LogP contribution in [0.5, 0.6) is 0 Å². The first-order chi connectivity index (χ1) is 7.38. The van der Waals surface area contributed by atoms with E-state index in [2.05, 4.69) is 37.8 Å². The molecule has 0 aliphatic rings. The summed E-state index contributed by atoms with van der Waals surface area (Å²) < 4.78 is 1.41. The highest BCUT2D eigenvalue weighted by Crippen LogP contribution is 2.00. The molecule has 0 saturated heterocycles. The fraction of sp³-hybridized carbons (Fsp3) is 0.500. The lowest BCUT2D eigenvalue weighted by atomic mass is 10.1. The smallest absolute Gasteiger partial charge is 0.267 e. The average Bonchev–Trinajstić information content (AvgIpc) is 2.18. The summed E-state index contributed by atoms with van der Waals surface area (Å²) in [4.78, 5) is 11.4. The van der Waals surface area contributed by atoms with Crippen molar-refractivity contribution in [3.63, 3.8) is 0 Å². The second-order valence-electron chi connectivity index (χ2n) is 4.87. The van der Waals surface area contributed by atoms with Crippen LogP contribution in [0.25, 0.3) is 0 Å². The molecule has 0 radical (unpaired) electrons. The minimum Gasteiger partial charge on any atom is -0.308 e. The number of aromatic nitrogens is 2. The van der Waals surface area contributed by atoms with Crippen LogP contribution in [0.2, 0.25) is 0 Å². The van der Waals surface area contributed by atoms with Gasteiger partial charge in [0.2, 0.25) is 0 Å². The zero-order valence-corrected chi connectivity index (χ0v) is 10.2. The van der Waals surface area contributed by atoms with Gasteiger partial charge in [-0.25, -0.2) is 4.68 Å². The maximum absolute atomic E-state index is 11.4. The highest BCUT2D eigenvalue weighted by Gasteiger charge is 2.09. The lowest BCUT2D eigenvalue weighted by molar-refractivity contribution is 0.437. The molecule has 0 bridgehead atoms. The van der Waals surface area contributed by atoms with Crippen molar-refractivity contribution in [2.75, 3.05) is 6.54 Å². The van der Waals surface area contributed by atoms with Gasteiger partial charge in [0.25, 0.3) is 5.56 Å². The number of hydrogen-bond acceptors (Lipinski definition) is 3. The molecule has 0 atom stereocenters. The van der Waals surface area contributed by atoms with Crippen molar-refractivity contribution < 1.29 is 0 Å². The average molecular weight is 221 g/mol. The molecule has 1 heterocycles. The second-order valence-corrected chi connectivity index (χ2v) is 4.87. The minimum absolute atomic E-state index is 0.0536. The minimum atomic E-state index is -0.0978. The van der Waals surface area contributed by atoms with Crippen LogP contribution in [0.1, 0.15) is 20.8 Å². The summed E-state index contributed by atoms with van der Waals surface area (Å²) in [6.07, 6.45) is 1.60. The number of hydrogen-bond donors (Lipinski definition) is 1. The van der Waals surface area contributed by atoms with Crippen molar-refractivity contribution in [1.29, 1.82) is 0 Å². The molecular weight excluding hydrogens is 202 g/mol. The highest BCUT2D eigenvalue weighted by molar-refractivity contribution is 4.99. The maximum atomic E-state index is 11.4. The Kier molecular flexibility index (Phi) is 4.01. The summed E-state index contributed by atoms with van der Waals surface area (Å²) in [5, 5.41) is 7.30. The highest BCUT2D eigenvalue weighted by atomic mass is 16.1. The third-order valence-corrected chi connectivity index (χ3v) is 2.03. The van der Waals surface area contributed by atoms with Gasteiger partial charge in [-0.05, 0) is 32.4 Å². The van der Waals surface area contributed by atoms with Gasteiger partial charge in [0, 0.05) is 24.3 Å². The molecule has 0 aromatic carbocycles. The molecule has 4 heteroatoms. The van der Waals surface area contributed by atoms with Gasteiger partial charge in [0.05, 0.1) is 6.54 Å². The Morgan fingerprint density at radius 2 is 2.25 bits per heavy atom. The fourth-order valence-corrected chi connectivity index (χ4v) is 1.16. The van der Waals surface area contributed by atoms with E-state index in [1.807, 2.05) is 0 Å². The third kappa shape index (κ3) is 4.40. The molecule has 0 spiro atoms. The van der Waals surface area contributed by atoms with E-state index in [1.54, 1.807) is 12.3 Å². The standard InChI is InChI=1S/C12H19N3O/c1-10(8-13-12(2,3)4)9-15-11(16)6-5-7-14-15/h5-7,13H,1,8-9H2,2-4H3. The van der Waals surface area contributed by atoms with Gasteiger partial charge < -0.3 is 5.32 Å². The molecule has 16 heavy (non-hydrogen) atoms. The van der Waals surface area contributed by atoms with Gasteiger partial charge in [-0.1, -0.05) is 6.58 Å². The monoisotopic (exact) mass is 221 g/mol. The van der Waals surface area contributed by atoms with E-state index >= 15 is 0 Å². The van der Waals surface area contributed by atoms with Crippen LogP contribution in [0, 0.1) is 0 Å². The van der Waals surface area contributed by atoms with Crippen molar-refractivity contribution in [3.8, 4) is 0 Å². The molecule has 88 valence electrons. The largest absolute Gasteiger partial charge is 0.308 e.